The van der Waals surface area contributed by atoms with E-state index in [9.17, 15) is 18.0 Å². The number of hydrogen-bond donors (Lipinski definition) is 4. The van der Waals surface area contributed by atoms with Gasteiger partial charge in [0.15, 0.2) is 0 Å². The zero-order chi connectivity index (χ0) is 21.6. The number of carbonyl (C=O) groups is 2. The molecule has 1 aromatic rings. The van der Waals surface area contributed by atoms with Crippen LogP contribution in [0.3, 0.4) is 0 Å². The van der Waals surface area contributed by atoms with Gasteiger partial charge in [0.05, 0.1) is 13.4 Å². The topological polar surface area (TPSA) is 155 Å². The van der Waals surface area contributed by atoms with E-state index in [2.05, 4.69) is 19.7 Å². The SMILES string of the molecule is COC(=O)C(CNC(=O)C1CCN(c2ccc(C(=N)N)cc2)CC1)NS(C)(=O)=O. The number of nitrogens with two attached hydrogens (primary N) is 1. The molecule has 1 unspecified atom stereocenters. The lowest BCUT2D eigenvalue weighted by Crippen LogP contribution is -2.50. The van der Waals surface area contributed by atoms with Crippen molar-refractivity contribution in [1.29, 1.82) is 5.41 Å². The van der Waals surface area contributed by atoms with Gasteiger partial charge in [-0.1, -0.05) is 0 Å². The number of sulfonamides is 1. The van der Waals surface area contributed by atoms with Gasteiger partial charge in [0.1, 0.15) is 11.9 Å². The summed E-state index contributed by atoms with van der Waals surface area (Å²) in [6.45, 7) is 1.18. The number of nitrogens with one attached hydrogen (secondary N) is 3. The molecule has 10 nitrogen and oxygen atoms in total. The van der Waals surface area contributed by atoms with Gasteiger partial charge in [0, 0.05) is 36.8 Å². The van der Waals surface area contributed by atoms with Crippen molar-refractivity contribution < 1.29 is 22.7 Å². The van der Waals surface area contributed by atoms with Crippen LogP contribution in [0.15, 0.2) is 24.3 Å². The number of piperidine rings is 1. The number of rotatable bonds is 8. The number of amides is 1. The Hall–Kier alpha value is -2.66. The first-order chi connectivity index (χ1) is 13.6. The van der Waals surface area contributed by atoms with Crippen molar-refractivity contribution in [3.8, 4) is 0 Å². The maximum atomic E-state index is 12.4. The van der Waals surface area contributed by atoms with Crippen molar-refractivity contribution in [2.24, 2.45) is 11.7 Å². The molecule has 1 amide bonds. The molecule has 1 aliphatic heterocycles. The molecular weight excluding hydrogens is 398 g/mol. The van der Waals surface area contributed by atoms with Gasteiger partial charge in [-0.3, -0.25) is 15.0 Å². The van der Waals surface area contributed by atoms with E-state index in [-0.39, 0.29) is 24.2 Å². The lowest BCUT2D eigenvalue weighted by Gasteiger charge is -2.33. The fourth-order valence-corrected chi connectivity index (χ4v) is 3.87. The highest BCUT2D eigenvalue weighted by molar-refractivity contribution is 7.88. The number of amidine groups is 1. The highest BCUT2D eigenvalue weighted by atomic mass is 32.2. The molecule has 1 aliphatic rings. The second-order valence-electron chi connectivity index (χ2n) is 6.93. The summed E-state index contributed by atoms with van der Waals surface area (Å²) in [7, 11) is -2.47. The number of nitrogens with zero attached hydrogens (tertiary/aromatic N) is 1. The van der Waals surface area contributed by atoms with Crippen LogP contribution in [-0.4, -0.2) is 65.2 Å². The standard InChI is InChI=1S/C18H27N5O5S/c1-28-18(25)15(22-29(2,26)27)11-21-17(24)13-7-9-23(10-8-13)14-5-3-12(4-6-14)16(19)20/h3-6,13,15,22H,7-11H2,1-2H3,(H3,19,20)(H,21,24). The molecule has 0 aliphatic carbocycles. The summed E-state index contributed by atoms with van der Waals surface area (Å²) in [6, 6.07) is 6.21. The Morgan fingerprint density at radius 2 is 1.86 bits per heavy atom. The van der Waals surface area contributed by atoms with Crippen LogP contribution in [0.25, 0.3) is 0 Å². The van der Waals surface area contributed by atoms with Crippen LogP contribution in [0, 0.1) is 11.3 Å². The van der Waals surface area contributed by atoms with Crippen LogP contribution in [0.1, 0.15) is 18.4 Å². The Kier molecular flexibility index (Phi) is 7.57. The van der Waals surface area contributed by atoms with Gasteiger partial charge in [0.2, 0.25) is 15.9 Å². The van der Waals surface area contributed by atoms with E-state index in [0.29, 0.717) is 31.5 Å². The van der Waals surface area contributed by atoms with E-state index in [0.717, 1.165) is 19.1 Å². The van der Waals surface area contributed by atoms with E-state index in [4.69, 9.17) is 11.1 Å². The van der Waals surface area contributed by atoms with Crippen molar-refractivity contribution in [1.82, 2.24) is 10.0 Å². The first kappa shape index (κ1) is 22.6. The molecule has 29 heavy (non-hydrogen) atoms. The summed E-state index contributed by atoms with van der Waals surface area (Å²) in [4.78, 5) is 26.3. The zero-order valence-corrected chi connectivity index (χ0v) is 17.3. The number of carbonyl (C=O) groups excluding carboxylic acids is 2. The van der Waals surface area contributed by atoms with Crippen molar-refractivity contribution in [2.45, 2.75) is 18.9 Å². The van der Waals surface area contributed by atoms with E-state index >= 15 is 0 Å². The number of esters is 1. The Bertz CT molecular complexity index is 848. The quantitative estimate of drug-likeness (QED) is 0.246. The molecule has 160 valence electrons. The van der Waals surface area contributed by atoms with Crippen molar-refractivity contribution in [2.75, 3.05) is 37.9 Å². The summed E-state index contributed by atoms with van der Waals surface area (Å²) < 4.78 is 29.5. The Morgan fingerprint density at radius 1 is 1.28 bits per heavy atom. The van der Waals surface area contributed by atoms with Crippen LogP contribution >= 0.6 is 0 Å². The van der Waals surface area contributed by atoms with E-state index in [1.807, 2.05) is 12.1 Å². The molecule has 0 radical (unpaired) electrons. The van der Waals surface area contributed by atoms with E-state index in [1.165, 1.54) is 0 Å². The number of anilines is 1. The summed E-state index contributed by atoms with van der Waals surface area (Å²) in [6.07, 6.45) is 2.19. The minimum Gasteiger partial charge on any atom is -0.468 e. The second-order valence-corrected chi connectivity index (χ2v) is 8.71. The predicted octanol–water partition coefficient (Wildman–Crippen LogP) is -0.606. The second kappa shape index (κ2) is 9.70. The first-order valence-electron chi connectivity index (χ1n) is 9.13. The third-order valence-corrected chi connectivity index (χ3v) is 5.44. The molecular formula is C18H27N5O5S. The lowest BCUT2D eigenvalue weighted by molar-refractivity contribution is -0.142. The van der Waals surface area contributed by atoms with Crippen LogP contribution in [0.2, 0.25) is 0 Å². The summed E-state index contributed by atoms with van der Waals surface area (Å²) in [5.74, 6) is -1.19. The fraction of sp³-hybridized carbons (Fsp3) is 0.500. The zero-order valence-electron chi connectivity index (χ0n) is 16.5. The van der Waals surface area contributed by atoms with Gasteiger partial charge in [0.25, 0.3) is 0 Å². The van der Waals surface area contributed by atoms with Gasteiger partial charge in [-0.2, -0.15) is 4.72 Å². The molecule has 0 aromatic heterocycles. The molecule has 0 saturated carbocycles. The largest absolute Gasteiger partial charge is 0.468 e. The van der Waals surface area contributed by atoms with Crippen molar-refractivity contribution in [3.63, 3.8) is 0 Å². The number of nitrogen functional groups attached to an aromatic ring is 1. The Morgan fingerprint density at radius 3 is 2.34 bits per heavy atom. The van der Waals surface area contributed by atoms with Crippen LogP contribution in [-0.2, 0) is 24.3 Å². The molecule has 0 bridgehead atoms. The highest BCUT2D eigenvalue weighted by Gasteiger charge is 2.28. The molecule has 2 rings (SSSR count). The molecule has 1 saturated heterocycles. The monoisotopic (exact) mass is 425 g/mol. The highest BCUT2D eigenvalue weighted by Crippen LogP contribution is 2.23. The van der Waals surface area contributed by atoms with Crippen LogP contribution in [0.5, 0.6) is 0 Å². The number of benzene rings is 1. The fourth-order valence-electron chi connectivity index (χ4n) is 3.17. The molecule has 5 N–H and O–H groups in total. The lowest BCUT2D eigenvalue weighted by atomic mass is 9.95. The number of hydrogen-bond acceptors (Lipinski definition) is 7. The van der Waals surface area contributed by atoms with Crippen molar-refractivity contribution >= 4 is 33.4 Å². The van der Waals surface area contributed by atoms with E-state index in [1.54, 1.807) is 12.1 Å². The van der Waals surface area contributed by atoms with Gasteiger partial charge in [-0.15, -0.1) is 0 Å². The maximum absolute atomic E-state index is 12.4. The van der Waals surface area contributed by atoms with Crippen LogP contribution in [0.4, 0.5) is 5.69 Å². The normalized spacial score (nSPS) is 16.1. The van der Waals surface area contributed by atoms with Gasteiger partial charge < -0.3 is 20.7 Å². The summed E-state index contributed by atoms with van der Waals surface area (Å²) in [5.41, 5.74) is 7.12. The summed E-state index contributed by atoms with van der Waals surface area (Å²) >= 11 is 0. The van der Waals surface area contributed by atoms with E-state index < -0.39 is 22.0 Å². The molecule has 0 spiro atoms. The van der Waals surface area contributed by atoms with Crippen molar-refractivity contribution in [3.05, 3.63) is 29.8 Å². The van der Waals surface area contributed by atoms with Gasteiger partial charge >= 0.3 is 5.97 Å². The van der Waals surface area contributed by atoms with Gasteiger partial charge in [-0.25, -0.2) is 8.42 Å². The smallest absolute Gasteiger partial charge is 0.325 e. The molecule has 1 atom stereocenters. The summed E-state index contributed by atoms with van der Waals surface area (Å²) in [5, 5.41) is 10.1. The molecule has 1 fully saturated rings. The minimum absolute atomic E-state index is 0.0163. The molecule has 11 heteroatoms. The average Bonchev–Trinajstić information content (AvgIpc) is 2.69. The average molecular weight is 426 g/mol. The third-order valence-electron chi connectivity index (χ3n) is 4.73. The Balaban J connectivity index is 1.87. The van der Waals surface area contributed by atoms with Gasteiger partial charge in [-0.05, 0) is 37.1 Å². The van der Waals surface area contributed by atoms with Crippen LogP contribution < -0.4 is 20.7 Å². The molecule has 1 aromatic carbocycles. The Labute approximate surface area is 170 Å². The molecule has 1 heterocycles. The first-order valence-corrected chi connectivity index (χ1v) is 11.0. The number of ether oxygens (including phenoxy) is 1. The third kappa shape index (κ3) is 6.71. The maximum Gasteiger partial charge on any atom is 0.325 e. The number of methoxy groups -OCH3 is 1. The predicted molar refractivity (Wildman–Crippen MR) is 109 cm³/mol. The minimum atomic E-state index is -3.63.